The maximum absolute atomic E-state index is 12.8. The number of hydrogen-bond acceptors (Lipinski definition) is 4. The normalized spacial score (nSPS) is 12.2. The topological polar surface area (TPSA) is 64.6 Å². The van der Waals surface area contributed by atoms with Crippen LogP contribution >= 0.6 is 34.8 Å². The third-order valence-corrected chi connectivity index (χ3v) is 4.30. The minimum Gasteiger partial charge on any atom is -0.477 e. The van der Waals surface area contributed by atoms with Crippen LogP contribution in [0.15, 0.2) is 36.4 Å². The van der Waals surface area contributed by atoms with Gasteiger partial charge in [-0.25, -0.2) is 4.79 Å². The third kappa shape index (κ3) is 6.69. The zero-order valence-electron chi connectivity index (χ0n) is 14.6. The molecule has 0 aromatic heterocycles. The molecule has 156 valence electrons. The number of rotatable bonds is 6. The van der Waals surface area contributed by atoms with E-state index in [2.05, 4.69) is 5.32 Å². The number of carbonyl (C=O) groups excluding carboxylic acids is 2. The van der Waals surface area contributed by atoms with Crippen molar-refractivity contribution in [3.63, 3.8) is 0 Å². The number of halogens is 6. The van der Waals surface area contributed by atoms with E-state index in [0.29, 0.717) is 11.1 Å². The van der Waals surface area contributed by atoms with Crippen LogP contribution < -0.4 is 10.1 Å². The van der Waals surface area contributed by atoms with Crippen LogP contribution in [0.1, 0.15) is 12.5 Å². The van der Waals surface area contributed by atoms with Crippen molar-refractivity contribution >= 4 is 52.4 Å². The molecule has 5 nitrogen and oxygen atoms in total. The summed E-state index contributed by atoms with van der Waals surface area (Å²) in [5, 5.41) is 2.60. The molecule has 0 aliphatic heterocycles. The largest absolute Gasteiger partial charge is 0.477 e. The molecule has 11 heteroatoms. The molecule has 0 aliphatic carbocycles. The highest BCUT2D eigenvalue weighted by Gasteiger charge is 2.31. The lowest BCUT2D eigenvalue weighted by atomic mass is 10.2. The van der Waals surface area contributed by atoms with Gasteiger partial charge in [-0.1, -0.05) is 34.8 Å². The van der Waals surface area contributed by atoms with Gasteiger partial charge >= 0.3 is 12.1 Å². The van der Waals surface area contributed by atoms with E-state index >= 15 is 0 Å². The second-order valence-electron chi connectivity index (χ2n) is 5.68. The van der Waals surface area contributed by atoms with Gasteiger partial charge in [0.1, 0.15) is 5.75 Å². The van der Waals surface area contributed by atoms with E-state index in [-0.39, 0.29) is 21.5 Å². The van der Waals surface area contributed by atoms with Crippen molar-refractivity contribution in [3.8, 4) is 5.75 Å². The van der Waals surface area contributed by atoms with E-state index < -0.39 is 36.3 Å². The molecule has 2 aromatic carbocycles. The number of amides is 1. The highest BCUT2D eigenvalue weighted by Crippen LogP contribution is 2.33. The first-order chi connectivity index (χ1) is 13.5. The zero-order valence-corrected chi connectivity index (χ0v) is 16.9. The Morgan fingerprint density at radius 1 is 1.07 bits per heavy atom. The lowest BCUT2D eigenvalue weighted by Crippen LogP contribution is -2.30. The standard InChI is InChI=1S/C18H13Cl3F3NO4/c1-9(29-15-5-3-11(19)7-13(15)21)17(27)28-8-16(26)25-14-6-10(18(22,23)24)2-4-12(14)20/h2-7,9H,8H2,1H3,(H,25,26)/t9-/m0/s1. The summed E-state index contributed by atoms with van der Waals surface area (Å²) in [6.07, 6.45) is -5.72. The fourth-order valence-electron chi connectivity index (χ4n) is 2.05. The average Bonchev–Trinajstić information content (AvgIpc) is 2.62. The number of alkyl halides is 3. The smallest absolute Gasteiger partial charge is 0.416 e. The Morgan fingerprint density at radius 2 is 1.76 bits per heavy atom. The molecular weight excluding hydrogens is 458 g/mol. The Bertz CT molecular complexity index is 922. The Hall–Kier alpha value is -2.16. The minimum absolute atomic E-state index is 0.105. The predicted molar refractivity (Wildman–Crippen MR) is 103 cm³/mol. The van der Waals surface area contributed by atoms with Gasteiger partial charge in [0.15, 0.2) is 12.7 Å². The van der Waals surface area contributed by atoms with E-state index in [9.17, 15) is 22.8 Å². The number of anilines is 1. The van der Waals surface area contributed by atoms with Crippen LogP contribution in [0.3, 0.4) is 0 Å². The minimum atomic E-state index is -4.60. The number of esters is 1. The molecule has 29 heavy (non-hydrogen) atoms. The SMILES string of the molecule is C[C@H](Oc1ccc(Cl)cc1Cl)C(=O)OCC(=O)Nc1cc(C(F)(F)F)ccc1Cl. The summed E-state index contributed by atoms with van der Waals surface area (Å²) < 4.78 is 48.4. The molecule has 0 radical (unpaired) electrons. The second-order valence-corrected chi connectivity index (χ2v) is 6.93. The molecule has 0 saturated carbocycles. The molecule has 0 saturated heterocycles. The summed E-state index contributed by atoms with van der Waals surface area (Å²) in [5.41, 5.74) is -1.25. The molecule has 2 aromatic rings. The molecule has 0 bridgehead atoms. The van der Waals surface area contributed by atoms with Crippen LogP contribution in [0.5, 0.6) is 5.75 Å². The summed E-state index contributed by atoms with van der Waals surface area (Å²) in [4.78, 5) is 23.9. The average molecular weight is 471 g/mol. The van der Waals surface area contributed by atoms with E-state index in [1.807, 2.05) is 0 Å². The van der Waals surface area contributed by atoms with Crippen LogP contribution in [-0.4, -0.2) is 24.6 Å². The molecule has 0 heterocycles. The molecule has 0 aliphatic rings. The molecule has 2 rings (SSSR count). The number of nitrogens with one attached hydrogen (secondary N) is 1. The summed E-state index contributed by atoms with van der Waals surface area (Å²) in [5.74, 6) is -1.58. The molecule has 1 N–H and O–H groups in total. The van der Waals surface area contributed by atoms with E-state index in [1.165, 1.54) is 25.1 Å². The molecule has 0 spiro atoms. The Kier molecular flexibility index (Phi) is 7.62. The molecule has 0 fully saturated rings. The number of carbonyl (C=O) groups is 2. The van der Waals surface area contributed by atoms with Crippen molar-refractivity contribution in [2.24, 2.45) is 0 Å². The summed E-state index contributed by atoms with van der Waals surface area (Å²) >= 11 is 17.5. The number of benzene rings is 2. The van der Waals surface area contributed by atoms with Gasteiger partial charge in [-0.3, -0.25) is 4.79 Å². The van der Waals surface area contributed by atoms with Crippen molar-refractivity contribution in [1.29, 1.82) is 0 Å². The van der Waals surface area contributed by atoms with Gasteiger partial charge in [-0.15, -0.1) is 0 Å². The summed E-state index contributed by atoms with van der Waals surface area (Å²) in [7, 11) is 0. The van der Waals surface area contributed by atoms with Crippen molar-refractivity contribution in [3.05, 3.63) is 57.0 Å². The summed E-state index contributed by atoms with van der Waals surface area (Å²) in [6.45, 7) is 0.613. The third-order valence-electron chi connectivity index (χ3n) is 3.44. The van der Waals surface area contributed by atoms with Crippen molar-refractivity contribution < 1.29 is 32.2 Å². The Labute approximate surface area is 178 Å². The van der Waals surface area contributed by atoms with Crippen molar-refractivity contribution in [2.45, 2.75) is 19.2 Å². The maximum Gasteiger partial charge on any atom is 0.416 e. The van der Waals surface area contributed by atoms with Crippen LogP contribution in [0.25, 0.3) is 0 Å². The number of ether oxygens (including phenoxy) is 2. The first kappa shape index (κ1) is 23.1. The highest BCUT2D eigenvalue weighted by molar-refractivity contribution is 6.35. The van der Waals surface area contributed by atoms with Crippen molar-refractivity contribution in [1.82, 2.24) is 0 Å². The lowest BCUT2D eigenvalue weighted by Gasteiger charge is -2.15. The maximum atomic E-state index is 12.8. The van der Waals surface area contributed by atoms with Gasteiger partial charge in [0, 0.05) is 5.02 Å². The van der Waals surface area contributed by atoms with E-state index in [1.54, 1.807) is 0 Å². The number of hydrogen-bond donors (Lipinski definition) is 1. The van der Waals surface area contributed by atoms with Gasteiger partial charge in [-0.05, 0) is 43.3 Å². The quantitative estimate of drug-likeness (QED) is 0.557. The first-order valence-corrected chi connectivity index (χ1v) is 9.05. The second kappa shape index (κ2) is 9.56. The lowest BCUT2D eigenvalue weighted by molar-refractivity contribution is -0.153. The highest BCUT2D eigenvalue weighted by atomic mass is 35.5. The van der Waals surface area contributed by atoms with Crippen molar-refractivity contribution in [2.75, 3.05) is 11.9 Å². The monoisotopic (exact) mass is 469 g/mol. The van der Waals surface area contributed by atoms with Gasteiger partial charge in [0.05, 0.1) is 21.3 Å². The van der Waals surface area contributed by atoms with E-state index in [4.69, 9.17) is 44.3 Å². The van der Waals surface area contributed by atoms with Crippen LogP contribution in [0.2, 0.25) is 15.1 Å². The zero-order chi connectivity index (χ0) is 21.8. The van der Waals surface area contributed by atoms with Gasteiger partial charge in [-0.2, -0.15) is 13.2 Å². The predicted octanol–water partition coefficient (Wildman–Crippen LogP) is 5.61. The van der Waals surface area contributed by atoms with Gasteiger partial charge in [0.2, 0.25) is 0 Å². The van der Waals surface area contributed by atoms with Crippen LogP contribution in [0, 0.1) is 0 Å². The van der Waals surface area contributed by atoms with E-state index in [0.717, 1.165) is 12.1 Å². The fraction of sp³-hybridized carbons (Fsp3) is 0.222. The Morgan fingerprint density at radius 3 is 2.38 bits per heavy atom. The summed E-state index contributed by atoms with van der Waals surface area (Å²) in [6, 6.07) is 6.83. The van der Waals surface area contributed by atoms with Crippen LogP contribution in [0.4, 0.5) is 18.9 Å². The first-order valence-electron chi connectivity index (χ1n) is 7.92. The molecule has 0 unspecified atom stereocenters. The van der Waals surface area contributed by atoms with Crippen LogP contribution in [-0.2, 0) is 20.5 Å². The fourth-order valence-corrected chi connectivity index (χ4v) is 2.66. The van der Waals surface area contributed by atoms with Gasteiger partial charge < -0.3 is 14.8 Å². The van der Waals surface area contributed by atoms with Gasteiger partial charge in [0.25, 0.3) is 5.91 Å². The Balaban J connectivity index is 1.92. The molecular formula is C18H13Cl3F3NO4. The molecule has 1 amide bonds. The molecule has 1 atom stereocenters.